The molecule has 0 unspecified atom stereocenters. The molecule has 21 heavy (non-hydrogen) atoms. The van der Waals surface area contributed by atoms with E-state index in [1.807, 2.05) is 24.3 Å². The van der Waals surface area contributed by atoms with Crippen molar-refractivity contribution in [2.45, 2.75) is 44.7 Å². The zero-order chi connectivity index (χ0) is 15.5. The number of rotatable bonds is 3. The summed E-state index contributed by atoms with van der Waals surface area (Å²) in [6, 6.07) is 10.3. The van der Waals surface area contributed by atoms with Gasteiger partial charge in [0.05, 0.1) is 13.2 Å². The first kappa shape index (κ1) is 15.7. The summed E-state index contributed by atoms with van der Waals surface area (Å²) < 4.78 is 5.16. The second-order valence-electron chi connectivity index (χ2n) is 6.71. The zero-order valence-electron chi connectivity index (χ0n) is 13.4. The summed E-state index contributed by atoms with van der Waals surface area (Å²) in [5.41, 5.74) is 0.680. The van der Waals surface area contributed by atoms with Crippen LogP contribution in [-0.2, 0) is 0 Å². The molecule has 0 atom stereocenters. The van der Waals surface area contributed by atoms with E-state index in [1.54, 1.807) is 7.11 Å². The van der Waals surface area contributed by atoms with Crippen LogP contribution in [0.3, 0.4) is 0 Å². The molecular weight excluding hydrogens is 262 g/mol. The van der Waals surface area contributed by atoms with Gasteiger partial charge in [-0.3, -0.25) is 4.90 Å². The topological polar surface area (TPSA) is 48.3 Å². The van der Waals surface area contributed by atoms with E-state index >= 15 is 0 Å². The quantitative estimate of drug-likeness (QED) is 0.927. The van der Waals surface area contributed by atoms with Crippen LogP contribution >= 0.6 is 0 Å². The van der Waals surface area contributed by atoms with Crippen molar-refractivity contribution in [3.63, 3.8) is 0 Å². The van der Waals surface area contributed by atoms with Crippen LogP contribution in [0.25, 0.3) is 0 Å². The van der Waals surface area contributed by atoms with Crippen LogP contribution in [0.1, 0.15) is 33.6 Å². The number of benzene rings is 1. The van der Waals surface area contributed by atoms with Gasteiger partial charge >= 0.3 is 0 Å². The average Bonchev–Trinajstić information content (AvgIpc) is 2.47. The summed E-state index contributed by atoms with van der Waals surface area (Å²) in [6.45, 7) is 8.57. The maximum atomic E-state index is 9.64. The molecule has 1 aromatic rings. The summed E-state index contributed by atoms with van der Waals surface area (Å²) in [4.78, 5) is 2.44. The van der Waals surface area contributed by atoms with E-state index in [0.717, 1.165) is 37.4 Å². The van der Waals surface area contributed by atoms with Crippen molar-refractivity contribution >= 4 is 5.69 Å². The van der Waals surface area contributed by atoms with E-state index in [-0.39, 0.29) is 5.54 Å². The lowest BCUT2D eigenvalue weighted by Crippen LogP contribution is -2.53. The fourth-order valence-corrected chi connectivity index (χ4v) is 2.77. The Bertz CT molecular complexity index is 502. The van der Waals surface area contributed by atoms with Crippen molar-refractivity contribution in [1.29, 1.82) is 5.26 Å². The fourth-order valence-electron chi connectivity index (χ4n) is 2.77. The molecule has 0 aromatic heterocycles. The molecule has 0 amide bonds. The van der Waals surface area contributed by atoms with Gasteiger partial charge in [0.2, 0.25) is 0 Å². The highest BCUT2D eigenvalue weighted by molar-refractivity contribution is 5.50. The molecule has 2 rings (SSSR count). The molecule has 4 nitrogen and oxygen atoms in total. The fraction of sp³-hybridized carbons (Fsp3) is 0.588. The van der Waals surface area contributed by atoms with Crippen molar-refractivity contribution in [2.24, 2.45) is 0 Å². The van der Waals surface area contributed by atoms with Crippen molar-refractivity contribution in [3.05, 3.63) is 24.3 Å². The molecule has 0 spiro atoms. The average molecular weight is 287 g/mol. The van der Waals surface area contributed by atoms with Crippen LogP contribution in [-0.4, -0.2) is 36.2 Å². The number of piperidine rings is 1. The highest BCUT2D eigenvalue weighted by atomic mass is 16.5. The monoisotopic (exact) mass is 287 g/mol. The van der Waals surface area contributed by atoms with Crippen LogP contribution in [0.4, 0.5) is 5.69 Å². The molecule has 1 fully saturated rings. The number of methoxy groups -OCH3 is 1. The second-order valence-corrected chi connectivity index (χ2v) is 6.71. The summed E-state index contributed by atoms with van der Waals surface area (Å²) in [6.07, 6.45) is 1.68. The highest BCUT2D eigenvalue weighted by Gasteiger charge is 2.37. The van der Waals surface area contributed by atoms with Gasteiger partial charge in [0.15, 0.2) is 0 Å². The molecule has 1 heterocycles. The van der Waals surface area contributed by atoms with Gasteiger partial charge in [-0.1, -0.05) is 0 Å². The predicted molar refractivity (Wildman–Crippen MR) is 85.5 cm³/mol. The summed E-state index contributed by atoms with van der Waals surface area (Å²) in [5.74, 6) is 0.828. The third kappa shape index (κ3) is 3.68. The molecule has 114 valence electrons. The molecule has 0 radical (unpaired) electrons. The van der Waals surface area contributed by atoms with E-state index in [0.29, 0.717) is 0 Å². The normalized spacial score (nSPS) is 18.8. The molecule has 1 aliphatic rings. The van der Waals surface area contributed by atoms with E-state index in [4.69, 9.17) is 4.74 Å². The molecule has 1 aliphatic heterocycles. The Morgan fingerprint density at radius 3 is 2.19 bits per heavy atom. The van der Waals surface area contributed by atoms with Crippen LogP contribution in [0.15, 0.2) is 24.3 Å². The minimum absolute atomic E-state index is 0.168. The number of ether oxygens (including phenoxy) is 1. The second kappa shape index (κ2) is 5.95. The maximum absolute atomic E-state index is 9.64. The molecule has 1 N–H and O–H groups in total. The van der Waals surface area contributed by atoms with Crippen molar-refractivity contribution < 1.29 is 4.74 Å². The standard InChI is InChI=1S/C17H25N3O/c1-16(2,3)20-11-9-17(13-18,10-12-20)19-14-5-7-15(21-4)8-6-14/h5-8,19H,9-12H2,1-4H3. The summed E-state index contributed by atoms with van der Waals surface area (Å²) >= 11 is 0. The third-order valence-corrected chi connectivity index (χ3v) is 4.25. The lowest BCUT2D eigenvalue weighted by atomic mass is 9.86. The van der Waals surface area contributed by atoms with Gasteiger partial charge in [0, 0.05) is 24.3 Å². The Labute approximate surface area is 127 Å². The summed E-state index contributed by atoms with van der Waals surface area (Å²) in [7, 11) is 1.65. The Hall–Kier alpha value is -1.73. The number of nitrogens with zero attached hydrogens (tertiary/aromatic N) is 2. The van der Waals surface area contributed by atoms with Crippen molar-refractivity contribution in [3.8, 4) is 11.8 Å². The number of nitriles is 1. The molecule has 0 bridgehead atoms. The molecule has 1 aromatic carbocycles. The molecule has 0 saturated carbocycles. The van der Waals surface area contributed by atoms with Gasteiger partial charge < -0.3 is 10.1 Å². The number of anilines is 1. The molecule has 4 heteroatoms. The van der Waals surface area contributed by atoms with E-state index in [2.05, 4.69) is 37.1 Å². The SMILES string of the molecule is COc1ccc(NC2(C#N)CCN(C(C)(C)C)CC2)cc1. The van der Waals surface area contributed by atoms with Crippen LogP contribution < -0.4 is 10.1 Å². The Morgan fingerprint density at radius 2 is 1.76 bits per heavy atom. The molecular formula is C17H25N3O. The summed E-state index contributed by atoms with van der Waals surface area (Å²) in [5, 5.41) is 13.1. The van der Waals surface area contributed by atoms with Gasteiger partial charge in [0.25, 0.3) is 0 Å². The van der Waals surface area contributed by atoms with E-state index < -0.39 is 5.54 Å². The number of nitrogens with one attached hydrogen (secondary N) is 1. The van der Waals surface area contributed by atoms with Crippen molar-refractivity contribution in [1.82, 2.24) is 4.90 Å². The van der Waals surface area contributed by atoms with Gasteiger partial charge in [-0.25, -0.2) is 0 Å². The van der Waals surface area contributed by atoms with Crippen molar-refractivity contribution in [2.75, 3.05) is 25.5 Å². The highest BCUT2D eigenvalue weighted by Crippen LogP contribution is 2.30. The minimum Gasteiger partial charge on any atom is -0.497 e. The van der Waals surface area contributed by atoms with Crippen LogP contribution in [0.2, 0.25) is 0 Å². The lowest BCUT2D eigenvalue weighted by Gasteiger charge is -2.44. The smallest absolute Gasteiger partial charge is 0.127 e. The van der Waals surface area contributed by atoms with Gasteiger partial charge in [-0.2, -0.15) is 5.26 Å². The molecule has 1 saturated heterocycles. The lowest BCUT2D eigenvalue weighted by molar-refractivity contribution is 0.0945. The minimum atomic E-state index is -0.462. The van der Waals surface area contributed by atoms with Crippen LogP contribution in [0, 0.1) is 11.3 Å². The Kier molecular flexibility index (Phi) is 4.43. The van der Waals surface area contributed by atoms with E-state index in [9.17, 15) is 5.26 Å². The first-order valence-electron chi connectivity index (χ1n) is 7.47. The van der Waals surface area contributed by atoms with Gasteiger partial charge in [-0.15, -0.1) is 0 Å². The first-order chi connectivity index (χ1) is 9.88. The number of likely N-dealkylation sites (tertiary alicyclic amines) is 1. The Balaban J connectivity index is 2.05. The van der Waals surface area contributed by atoms with Gasteiger partial charge in [0.1, 0.15) is 11.3 Å². The van der Waals surface area contributed by atoms with Gasteiger partial charge in [-0.05, 0) is 57.9 Å². The third-order valence-electron chi connectivity index (χ3n) is 4.25. The molecule has 0 aliphatic carbocycles. The predicted octanol–water partition coefficient (Wildman–Crippen LogP) is 3.26. The van der Waals surface area contributed by atoms with Crippen LogP contribution in [0.5, 0.6) is 5.75 Å². The Morgan fingerprint density at radius 1 is 1.19 bits per heavy atom. The number of hydrogen-bond donors (Lipinski definition) is 1. The zero-order valence-corrected chi connectivity index (χ0v) is 13.4. The van der Waals surface area contributed by atoms with E-state index in [1.165, 1.54) is 0 Å². The first-order valence-corrected chi connectivity index (χ1v) is 7.47. The number of hydrogen-bond acceptors (Lipinski definition) is 4. The maximum Gasteiger partial charge on any atom is 0.127 e. The largest absolute Gasteiger partial charge is 0.497 e.